The molecule has 0 radical (unpaired) electrons. The van der Waals surface area contributed by atoms with Crippen LogP contribution < -0.4 is 10.1 Å². The lowest BCUT2D eigenvalue weighted by Gasteiger charge is -2.17. The first-order chi connectivity index (χ1) is 9.53. The van der Waals surface area contributed by atoms with Crippen LogP contribution in [0.25, 0.3) is 0 Å². The van der Waals surface area contributed by atoms with Crippen molar-refractivity contribution in [2.24, 2.45) is 5.41 Å². The second-order valence-electron chi connectivity index (χ2n) is 6.27. The highest BCUT2D eigenvalue weighted by molar-refractivity contribution is 5.32. The summed E-state index contributed by atoms with van der Waals surface area (Å²) in [5, 5.41) is 13.3. The van der Waals surface area contributed by atoms with Crippen LogP contribution in [-0.2, 0) is 0 Å². The van der Waals surface area contributed by atoms with E-state index in [1.807, 2.05) is 12.1 Å². The van der Waals surface area contributed by atoms with Crippen molar-refractivity contribution in [3.8, 4) is 5.75 Å². The Balaban J connectivity index is 1.68. The third kappa shape index (κ3) is 4.50. The molecule has 3 nitrogen and oxygen atoms in total. The molecule has 1 aromatic rings. The minimum atomic E-state index is -0.455. The molecule has 0 saturated heterocycles. The Morgan fingerprint density at radius 2 is 1.90 bits per heavy atom. The number of hydrogen-bond donors (Lipinski definition) is 2. The quantitative estimate of drug-likeness (QED) is 0.768. The summed E-state index contributed by atoms with van der Waals surface area (Å²) in [4.78, 5) is 0. The van der Waals surface area contributed by atoms with E-state index in [1.54, 1.807) is 0 Å². The molecule has 1 atom stereocenters. The number of aryl methyl sites for hydroxylation is 2. The summed E-state index contributed by atoms with van der Waals surface area (Å²) in [6.07, 6.45) is 3.43. The average molecular weight is 277 g/mol. The van der Waals surface area contributed by atoms with E-state index in [-0.39, 0.29) is 0 Å². The summed E-state index contributed by atoms with van der Waals surface area (Å²) in [6, 6.07) is 6.12. The fourth-order valence-corrected chi connectivity index (χ4v) is 2.60. The molecule has 1 fully saturated rings. The summed E-state index contributed by atoms with van der Waals surface area (Å²) in [7, 11) is 0. The normalized spacial score (nSPS) is 17.8. The third-order valence-electron chi connectivity index (χ3n) is 4.22. The maximum absolute atomic E-state index is 9.95. The Labute approximate surface area is 122 Å². The second-order valence-corrected chi connectivity index (χ2v) is 6.27. The van der Waals surface area contributed by atoms with Crippen LogP contribution in [0.3, 0.4) is 0 Å². The monoisotopic (exact) mass is 277 g/mol. The summed E-state index contributed by atoms with van der Waals surface area (Å²) in [5.41, 5.74) is 2.89. The van der Waals surface area contributed by atoms with Gasteiger partial charge in [-0.2, -0.15) is 0 Å². The Morgan fingerprint density at radius 3 is 2.45 bits per heavy atom. The van der Waals surface area contributed by atoms with Gasteiger partial charge in [0.1, 0.15) is 18.5 Å². The molecular formula is C17H27NO2. The molecule has 112 valence electrons. The minimum absolute atomic E-state index is 0.342. The van der Waals surface area contributed by atoms with Gasteiger partial charge in [0.25, 0.3) is 0 Å². The zero-order valence-electron chi connectivity index (χ0n) is 12.9. The molecule has 1 aliphatic rings. The number of hydrogen-bond acceptors (Lipinski definition) is 3. The van der Waals surface area contributed by atoms with Crippen LogP contribution in [0, 0.1) is 19.3 Å². The molecule has 0 amide bonds. The van der Waals surface area contributed by atoms with E-state index in [2.05, 4.69) is 32.2 Å². The van der Waals surface area contributed by atoms with Crippen LogP contribution in [-0.4, -0.2) is 30.9 Å². The van der Waals surface area contributed by atoms with Crippen LogP contribution >= 0.6 is 0 Å². The van der Waals surface area contributed by atoms with E-state index in [4.69, 9.17) is 4.74 Å². The van der Waals surface area contributed by atoms with Crippen molar-refractivity contribution < 1.29 is 9.84 Å². The lowest BCUT2D eigenvalue weighted by atomic mass is 10.0. The molecule has 2 N–H and O–H groups in total. The van der Waals surface area contributed by atoms with E-state index >= 15 is 0 Å². The smallest absolute Gasteiger partial charge is 0.119 e. The number of benzene rings is 1. The van der Waals surface area contributed by atoms with E-state index in [1.165, 1.54) is 30.4 Å². The molecule has 0 bridgehead atoms. The van der Waals surface area contributed by atoms with Crippen molar-refractivity contribution in [1.82, 2.24) is 5.32 Å². The van der Waals surface area contributed by atoms with Crippen molar-refractivity contribution in [3.63, 3.8) is 0 Å². The zero-order chi connectivity index (χ0) is 14.6. The van der Waals surface area contributed by atoms with Crippen molar-refractivity contribution >= 4 is 0 Å². The predicted octanol–water partition coefficient (Wildman–Crippen LogP) is 2.82. The highest BCUT2D eigenvalue weighted by Crippen LogP contribution is 2.47. The maximum atomic E-state index is 9.95. The van der Waals surface area contributed by atoms with Gasteiger partial charge in [0.15, 0.2) is 0 Å². The maximum Gasteiger partial charge on any atom is 0.119 e. The molecule has 0 spiro atoms. The molecular weight excluding hydrogens is 250 g/mol. The van der Waals surface area contributed by atoms with Gasteiger partial charge < -0.3 is 15.2 Å². The molecule has 20 heavy (non-hydrogen) atoms. The van der Waals surface area contributed by atoms with Gasteiger partial charge in [-0.15, -0.1) is 0 Å². The summed E-state index contributed by atoms with van der Waals surface area (Å²) in [5.74, 6) is 0.841. The number of aliphatic hydroxyl groups excluding tert-OH is 1. The summed E-state index contributed by atoms with van der Waals surface area (Å²) in [6.45, 7) is 8.31. The van der Waals surface area contributed by atoms with Crippen LogP contribution in [0.4, 0.5) is 0 Å². The van der Waals surface area contributed by atoms with E-state index in [0.717, 1.165) is 12.3 Å². The average Bonchev–Trinajstić information content (AvgIpc) is 3.16. The number of ether oxygens (including phenoxy) is 1. The zero-order valence-corrected chi connectivity index (χ0v) is 12.9. The van der Waals surface area contributed by atoms with Crippen LogP contribution in [0.1, 0.15) is 37.3 Å². The van der Waals surface area contributed by atoms with Crippen LogP contribution in [0.2, 0.25) is 0 Å². The van der Waals surface area contributed by atoms with E-state index < -0.39 is 6.10 Å². The fourth-order valence-electron chi connectivity index (χ4n) is 2.60. The second kappa shape index (κ2) is 6.59. The third-order valence-corrected chi connectivity index (χ3v) is 4.22. The van der Waals surface area contributed by atoms with Crippen molar-refractivity contribution in [1.29, 1.82) is 0 Å². The molecule has 3 heteroatoms. The SMILES string of the molecule is CCC1(CNCC(O)COc2cc(C)cc(C)c2)CC1. The molecule has 2 rings (SSSR count). The van der Waals surface area contributed by atoms with E-state index in [9.17, 15) is 5.11 Å². The van der Waals surface area contributed by atoms with Crippen LogP contribution in [0.5, 0.6) is 5.75 Å². The largest absolute Gasteiger partial charge is 0.491 e. The van der Waals surface area contributed by atoms with Gasteiger partial charge in [-0.3, -0.25) is 0 Å². The van der Waals surface area contributed by atoms with Gasteiger partial charge in [0, 0.05) is 13.1 Å². The lowest BCUT2D eigenvalue weighted by Crippen LogP contribution is -2.34. The molecule has 1 aromatic carbocycles. The molecule has 1 unspecified atom stereocenters. The fraction of sp³-hybridized carbons (Fsp3) is 0.647. The standard InChI is InChI=1S/C17H27NO2/c1-4-17(5-6-17)12-18-10-15(19)11-20-16-8-13(2)7-14(3)9-16/h7-9,15,18-19H,4-6,10-12H2,1-3H3. The van der Waals surface area contributed by atoms with Crippen molar-refractivity contribution in [3.05, 3.63) is 29.3 Å². The summed E-state index contributed by atoms with van der Waals surface area (Å²) >= 11 is 0. The lowest BCUT2D eigenvalue weighted by molar-refractivity contribution is 0.105. The first kappa shape index (κ1) is 15.3. The Kier molecular flexibility index (Phi) is 5.06. The molecule has 0 aliphatic heterocycles. The summed E-state index contributed by atoms with van der Waals surface area (Å²) < 4.78 is 5.66. The van der Waals surface area contributed by atoms with Gasteiger partial charge in [-0.05, 0) is 61.8 Å². The van der Waals surface area contributed by atoms with Gasteiger partial charge in [0.05, 0.1) is 0 Å². The van der Waals surface area contributed by atoms with Crippen molar-refractivity contribution in [2.75, 3.05) is 19.7 Å². The van der Waals surface area contributed by atoms with Crippen LogP contribution in [0.15, 0.2) is 18.2 Å². The van der Waals surface area contributed by atoms with Gasteiger partial charge in [-0.25, -0.2) is 0 Å². The van der Waals surface area contributed by atoms with E-state index in [0.29, 0.717) is 18.6 Å². The first-order valence-corrected chi connectivity index (χ1v) is 7.63. The van der Waals surface area contributed by atoms with Gasteiger partial charge >= 0.3 is 0 Å². The number of nitrogens with one attached hydrogen (secondary N) is 1. The number of rotatable bonds is 8. The molecule has 1 aliphatic carbocycles. The predicted molar refractivity (Wildman–Crippen MR) is 82.2 cm³/mol. The van der Waals surface area contributed by atoms with Crippen molar-refractivity contribution in [2.45, 2.75) is 46.1 Å². The first-order valence-electron chi connectivity index (χ1n) is 7.63. The van der Waals surface area contributed by atoms with Gasteiger partial charge in [-0.1, -0.05) is 13.0 Å². The highest BCUT2D eigenvalue weighted by Gasteiger charge is 2.39. The molecule has 0 heterocycles. The topological polar surface area (TPSA) is 41.5 Å². The highest BCUT2D eigenvalue weighted by atomic mass is 16.5. The number of aliphatic hydroxyl groups is 1. The van der Waals surface area contributed by atoms with Gasteiger partial charge in [0.2, 0.25) is 0 Å². The Hall–Kier alpha value is -1.06. The Bertz CT molecular complexity index is 420. The molecule has 0 aromatic heterocycles. The molecule has 1 saturated carbocycles. The Morgan fingerprint density at radius 1 is 1.25 bits per heavy atom. The minimum Gasteiger partial charge on any atom is -0.491 e.